The van der Waals surface area contributed by atoms with Gasteiger partial charge in [-0.3, -0.25) is 0 Å². The van der Waals surface area contributed by atoms with Crippen molar-refractivity contribution in [2.24, 2.45) is 0 Å². The predicted octanol–water partition coefficient (Wildman–Crippen LogP) is 0.774. The van der Waals surface area contributed by atoms with Crippen LogP contribution in [-0.4, -0.2) is 15.6 Å². The minimum Gasteiger partial charge on any atom is -0.711 e. The van der Waals surface area contributed by atoms with Crippen LogP contribution in [0.25, 0.3) is 0 Å². The van der Waals surface area contributed by atoms with E-state index in [9.17, 15) is 10.0 Å². The van der Waals surface area contributed by atoms with Crippen LogP contribution in [0.4, 0.5) is 0 Å². The van der Waals surface area contributed by atoms with Crippen molar-refractivity contribution in [3.05, 3.63) is 22.9 Å². The molecule has 1 atom stereocenters. The molecule has 1 aromatic heterocycles. The van der Waals surface area contributed by atoms with E-state index in [1.165, 1.54) is 10.9 Å². The molecule has 0 saturated carbocycles. The molecule has 0 amide bonds. The molecule has 5 heteroatoms. The normalized spacial score (nSPS) is 12.8. The average molecular weight is 198 g/mol. The molecule has 0 aliphatic rings. The van der Waals surface area contributed by atoms with Crippen molar-refractivity contribution in [1.29, 1.82) is 0 Å². The lowest BCUT2D eigenvalue weighted by atomic mass is 10.2. The van der Waals surface area contributed by atoms with Gasteiger partial charge in [-0.1, -0.05) is 6.92 Å². The Labute approximate surface area is 82.2 Å². The first-order valence-electron chi connectivity index (χ1n) is 4.49. The maximum Gasteiger partial charge on any atom is 0.349 e. The fourth-order valence-electron chi connectivity index (χ4n) is 1.44. The Hall–Kier alpha value is -1.52. The maximum absolute atomic E-state index is 11.2. The number of carbonyl (C=O) groups is 1. The second-order valence-electron chi connectivity index (χ2n) is 3.28. The van der Waals surface area contributed by atoms with Crippen molar-refractivity contribution in [2.45, 2.75) is 33.2 Å². The zero-order chi connectivity index (χ0) is 10.9. The largest absolute Gasteiger partial charge is 0.711 e. The van der Waals surface area contributed by atoms with E-state index in [0.717, 1.165) is 0 Å². The van der Waals surface area contributed by atoms with Gasteiger partial charge in [0, 0.05) is 13.8 Å². The summed E-state index contributed by atoms with van der Waals surface area (Å²) in [5.41, 5.74) is 1.25. The molecule has 5 nitrogen and oxygen atoms in total. The molecule has 0 spiro atoms. The van der Waals surface area contributed by atoms with Gasteiger partial charge < -0.3 is 10.3 Å². The van der Waals surface area contributed by atoms with Crippen molar-refractivity contribution in [3.63, 3.8) is 0 Å². The number of aliphatic carboxylic acids is 1. The molecule has 0 aliphatic heterocycles. The number of carboxylic acids is 1. The van der Waals surface area contributed by atoms with Crippen molar-refractivity contribution >= 4 is 5.97 Å². The van der Waals surface area contributed by atoms with Gasteiger partial charge in [-0.15, -0.1) is 0 Å². The van der Waals surface area contributed by atoms with E-state index in [1.807, 2.05) is 0 Å². The van der Waals surface area contributed by atoms with E-state index >= 15 is 0 Å². The summed E-state index contributed by atoms with van der Waals surface area (Å²) in [5.74, 6) is -0.911. The molecule has 1 aromatic rings. The van der Waals surface area contributed by atoms with Crippen molar-refractivity contribution in [2.75, 3.05) is 0 Å². The first-order chi connectivity index (χ1) is 6.49. The van der Waals surface area contributed by atoms with Crippen LogP contribution in [0.2, 0.25) is 0 Å². The van der Waals surface area contributed by atoms with Crippen LogP contribution in [0, 0.1) is 19.1 Å². The molecule has 0 aromatic carbocycles. The molecule has 78 valence electrons. The molecule has 0 unspecified atom stereocenters. The second-order valence-corrected chi connectivity index (χ2v) is 3.28. The number of hydrogen-bond donors (Lipinski definition) is 1. The van der Waals surface area contributed by atoms with Gasteiger partial charge >= 0.3 is 5.97 Å². The van der Waals surface area contributed by atoms with Crippen LogP contribution in [-0.2, 0) is 4.79 Å². The van der Waals surface area contributed by atoms with Gasteiger partial charge in [-0.25, -0.2) is 14.1 Å². The average Bonchev–Trinajstić information content (AvgIpc) is 2.35. The van der Waals surface area contributed by atoms with E-state index in [0.29, 0.717) is 22.5 Å². The van der Waals surface area contributed by atoms with Crippen LogP contribution in [0.1, 0.15) is 30.8 Å². The van der Waals surface area contributed by atoms with Gasteiger partial charge in [-0.2, -0.15) is 0 Å². The summed E-state index contributed by atoms with van der Waals surface area (Å²) >= 11 is 0. The summed E-state index contributed by atoms with van der Waals surface area (Å²) in [5, 5.41) is 20.1. The standard InChI is InChI=1S/C9H14N2O3/c1-4-8(9(12)13)10-5-11(14)7(3)6(10)2/h5,8H,4H2,1-3H3,(H,12,13)/t8-/m0/s1. The first-order valence-corrected chi connectivity index (χ1v) is 4.49. The Bertz CT molecular complexity index is 357. The van der Waals surface area contributed by atoms with E-state index in [-0.39, 0.29) is 0 Å². The molecule has 0 fully saturated rings. The highest BCUT2D eigenvalue weighted by Crippen LogP contribution is 2.15. The monoisotopic (exact) mass is 198 g/mol. The molecule has 0 saturated heterocycles. The molecule has 1 rings (SSSR count). The highest BCUT2D eigenvalue weighted by atomic mass is 16.5. The summed E-state index contributed by atoms with van der Waals surface area (Å²) in [6.45, 7) is 5.20. The van der Waals surface area contributed by atoms with E-state index < -0.39 is 12.0 Å². The van der Waals surface area contributed by atoms with Gasteiger partial charge in [0.1, 0.15) is 11.4 Å². The second kappa shape index (κ2) is 3.69. The smallest absolute Gasteiger partial charge is 0.349 e. The lowest BCUT2D eigenvalue weighted by molar-refractivity contribution is -0.611. The van der Waals surface area contributed by atoms with Crippen LogP contribution >= 0.6 is 0 Å². The number of imidazole rings is 1. The Morgan fingerprint density at radius 3 is 2.57 bits per heavy atom. The number of rotatable bonds is 3. The fourth-order valence-corrected chi connectivity index (χ4v) is 1.44. The first kappa shape index (κ1) is 10.6. The minimum atomic E-state index is -0.911. The van der Waals surface area contributed by atoms with E-state index in [4.69, 9.17) is 5.11 Å². The molecular formula is C9H14N2O3. The van der Waals surface area contributed by atoms with Crippen molar-refractivity contribution in [3.8, 4) is 0 Å². The highest BCUT2D eigenvalue weighted by Gasteiger charge is 2.26. The molecule has 0 radical (unpaired) electrons. The van der Waals surface area contributed by atoms with Gasteiger partial charge in [0.15, 0.2) is 6.04 Å². The van der Waals surface area contributed by atoms with Crippen LogP contribution in [0.5, 0.6) is 0 Å². The summed E-state index contributed by atoms with van der Waals surface area (Å²) in [6.07, 6.45) is 1.75. The van der Waals surface area contributed by atoms with Crippen LogP contribution in [0.3, 0.4) is 0 Å². The third-order valence-corrected chi connectivity index (χ3v) is 2.48. The summed E-state index contributed by atoms with van der Waals surface area (Å²) in [4.78, 5) is 10.9. The maximum atomic E-state index is 11.2. The van der Waals surface area contributed by atoms with Gasteiger partial charge in [-0.05, 0) is 6.42 Å². The van der Waals surface area contributed by atoms with Crippen LogP contribution < -0.4 is 4.73 Å². The summed E-state index contributed by atoms with van der Waals surface area (Å²) < 4.78 is 2.20. The quantitative estimate of drug-likeness (QED) is 0.576. The molecule has 1 heterocycles. The molecule has 0 bridgehead atoms. The zero-order valence-corrected chi connectivity index (χ0v) is 8.52. The Morgan fingerprint density at radius 2 is 2.29 bits per heavy atom. The van der Waals surface area contributed by atoms with Gasteiger partial charge in [0.05, 0.1) is 0 Å². The lowest BCUT2D eigenvalue weighted by Gasteiger charge is -2.06. The molecular weight excluding hydrogens is 184 g/mol. The van der Waals surface area contributed by atoms with Crippen molar-refractivity contribution < 1.29 is 14.6 Å². The Morgan fingerprint density at radius 1 is 1.71 bits per heavy atom. The third kappa shape index (κ3) is 1.57. The third-order valence-electron chi connectivity index (χ3n) is 2.48. The Balaban J connectivity index is 3.17. The SMILES string of the molecule is CC[C@@H](C(=O)O)n1c[n+]([O-])c(C)c1C. The zero-order valence-electron chi connectivity index (χ0n) is 8.52. The molecule has 0 aliphatic carbocycles. The Kier molecular flexibility index (Phi) is 2.78. The van der Waals surface area contributed by atoms with Gasteiger partial charge in [0.25, 0.3) is 0 Å². The number of hydrogen-bond acceptors (Lipinski definition) is 2. The molecule has 14 heavy (non-hydrogen) atoms. The highest BCUT2D eigenvalue weighted by molar-refractivity contribution is 5.71. The van der Waals surface area contributed by atoms with Crippen molar-refractivity contribution in [1.82, 2.24) is 4.57 Å². The summed E-state index contributed by atoms with van der Waals surface area (Å²) in [6, 6.07) is -0.649. The molecule has 1 N–H and O–H groups in total. The number of aromatic nitrogens is 2. The fraction of sp³-hybridized carbons (Fsp3) is 0.556. The topological polar surface area (TPSA) is 69.2 Å². The van der Waals surface area contributed by atoms with Gasteiger partial charge in [0.2, 0.25) is 6.33 Å². The van der Waals surface area contributed by atoms with E-state index in [1.54, 1.807) is 20.8 Å². The number of carboxylic acid groups (broad SMARTS) is 1. The van der Waals surface area contributed by atoms with E-state index in [2.05, 4.69) is 0 Å². The predicted molar refractivity (Wildman–Crippen MR) is 49.8 cm³/mol. The summed E-state index contributed by atoms with van der Waals surface area (Å²) in [7, 11) is 0. The number of nitrogens with zero attached hydrogens (tertiary/aromatic N) is 2. The minimum absolute atomic E-state index is 0.463. The lowest BCUT2D eigenvalue weighted by Crippen LogP contribution is -2.27. The van der Waals surface area contributed by atoms with Crippen LogP contribution in [0.15, 0.2) is 6.33 Å².